The Morgan fingerprint density at radius 1 is 0.950 bits per heavy atom. The second-order valence-corrected chi connectivity index (χ2v) is 5.35. The Bertz CT molecular complexity index is 481. The summed E-state index contributed by atoms with van der Waals surface area (Å²) in [4.78, 5) is 0. The number of hydrogen-bond acceptors (Lipinski definition) is 2. The highest BCUT2D eigenvalue weighted by Crippen LogP contribution is 2.09. The summed E-state index contributed by atoms with van der Waals surface area (Å²) >= 11 is 0. The first-order valence-electron chi connectivity index (χ1n) is 7.33. The van der Waals surface area contributed by atoms with Gasteiger partial charge >= 0.3 is 0 Å². The lowest BCUT2D eigenvalue weighted by Gasteiger charge is -2.18. The topological polar surface area (TPSA) is 38.0 Å². The van der Waals surface area contributed by atoms with Crippen LogP contribution in [0.25, 0.3) is 0 Å². The van der Waals surface area contributed by atoms with Gasteiger partial charge in [0.25, 0.3) is 0 Å². The second-order valence-electron chi connectivity index (χ2n) is 5.35. The molecule has 2 aromatic rings. The molecule has 2 unspecified atom stereocenters. The molecule has 2 heteroatoms. The number of rotatable bonds is 7. The molecule has 3 N–H and O–H groups in total. The maximum atomic E-state index is 6.19. The van der Waals surface area contributed by atoms with Crippen molar-refractivity contribution >= 4 is 0 Å². The Hall–Kier alpha value is -1.64. The number of aryl methyl sites for hydroxylation is 1. The summed E-state index contributed by atoms with van der Waals surface area (Å²) in [5, 5.41) is 3.53. The third-order valence-electron chi connectivity index (χ3n) is 3.62. The van der Waals surface area contributed by atoms with Crippen LogP contribution in [0.2, 0.25) is 0 Å². The van der Waals surface area contributed by atoms with Gasteiger partial charge in [0.05, 0.1) is 0 Å². The van der Waals surface area contributed by atoms with Crippen LogP contribution in [0.1, 0.15) is 30.5 Å². The molecule has 0 spiro atoms. The lowest BCUT2D eigenvalue weighted by atomic mass is 10.0. The Kier molecular flexibility index (Phi) is 5.78. The fourth-order valence-corrected chi connectivity index (χ4v) is 2.28. The summed E-state index contributed by atoms with van der Waals surface area (Å²) in [6.07, 6.45) is 2.24. The van der Waals surface area contributed by atoms with Gasteiger partial charge in [0, 0.05) is 18.6 Å². The molecule has 2 rings (SSSR count). The Balaban J connectivity index is 1.71. The summed E-state index contributed by atoms with van der Waals surface area (Å²) < 4.78 is 0. The molecule has 20 heavy (non-hydrogen) atoms. The van der Waals surface area contributed by atoms with Gasteiger partial charge in [-0.15, -0.1) is 0 Å². The van der Waals surface area contributed by atoms with Crippen molar-refractivity contribution in [1.29, 1.82) is 0 Å². The number of nitrogens with one attached hydrogen (secondary N) is 1. The number of benzene rings is 2. The molecule has 0 aliphatic heterocycles. The molecule has 2 nitrogen and oxygen atoms in total. The van der Waals surface area contributed by atoms with Gasteiger partial charge in [-0.05, 0) is 30.9 Å². The van der Waals surface area contributed by atoms with E-state index in [1.165, 1.54) is 11.1 Å². The lowest BCUT2D eigenvalue weighted by Crippen LogP contribution is -2.33. The normalized spacial score (nSPS) is 13.9. The van der Waals surface area contributed by atoms with Crippen molar-refractivity contribution in [1.82, 2.24) is 5.32 Å². The molecule has 0 aromatic heterocycles. The van der Waals surface area contributed by atoms with Crippen molar-refractivity contribution in [3.63, 3.8) is 0 Å². The minimum absolute atomic E-state index is 0.0652. The highest BCUT2D eigenvalue weighted by molar-refractivity contribution is 5.18. The van der Waals surface area contributed by atoms with Crippen molar-refractivity contribution in [3.05, 3.63) is 71.8 Å². The highest BCUT2D eigenvalue weighted by Gasteiger charge is 2.07. The monoisotopic (exact) mass is 268 g/mol. The SMILES string of the molecule is CC(CCc1ccccc1)NCC(N)c1ccccc1. The van der Waals surface area contributed by atoms with E-state index in [4.69, 9.17) is 5.73 Å². The molecule has 106 valence electrons. The predicted octanol–water partition coefficient (Wildman–Crippen LogP) is 3.30. The van der Waals surface area contributed by atoms with E-state index in [2.05, 4.69) is 54.7 Å². The Morgan fingerprint density at radius 3 is 2.20 bits per heavy atom. The van der Waals surface area contributed by atoms with Crippen LogP contribution in [0.5, 0.6) is 0 Å². The molecular weight excluding hydrogens is 244 g/mol. The third kappa shape index (κ3) is 4.80. The average Bonchev–Trinajstić information content (AvgIpc) is 2.52. The lowest BCUT2D eigenvalue weighted by molar-refractivity contribution is 0.486. The summed E-state index contributed by atoms with van der Waals surface area (Å²) in [7, 11) is 0. The number of hydrogen-bond donors (Lipinski definition) is 2. The molecule has 2 aromatic carbocycles. The first-order valence-corrected chi connectivity index (χ1v) is 7.33. The van der Waals surface area contributed by atoms with Crippen molar-refractivity contribution in [3.8, 4) is 0 Å². The fourth-order valence-electron chi connectivity index (χ4n) is 2.28. The van der Waals surface area contributed by atoms with Crippen LogP contribution in [0.3, 0.4) is 0 Å². The molecule has 0 radical (unpaired) electrons. The van der Waals surface area contributed by atoms with Crippen LogP contribution in [-0.2, 0) is 6.42 Å². The molecule has 0 aliphatic rings. The van der Waals surface area contributed by atoms with Crippen molar-refractivity contribution in [2.24, 2.45) is 5.73 Å². The molecule has 0 saturated heterocycles. The second kappa shape index (κ2) is 7.83. The average molecular weight is 268 g/mol. The first-order chi connectivity index (χ1) is 9.75. The molecule has 2 atom stereocenters. The molecule has 0 bridgehead atoms. The van der Waals surface area contributed by atoms with Gasteiger partial charge in [-0.3, -0.25) is 0 Å². The smallest absolute Gasteiger partial charge is 0.0421 e. The van der Waals surface area contributed by atoms with Gasteiger partial charge in [-0.1, -0.05) is 60.7 Å². The van der Waals surface area contributed by atoms with E-state index in [1.807, 2.05) is 18.2 Å². The molecule has 0 aliphatic carbocycles. The first kappa shape index (κ1) is 14.8. The highest BCUT2D eigenvalue weighted by atomic mass is 14.9. The van der Waals surface area contributed by atoms with Gasteiger partial charge in [-0.25, -0.2) is 0 Å². The fraction of sp³-hybridized carbons (Fsp3) is 0.333. The quantitative estimate of drug-likeness (QED) is 0.808. The molecule has 0 fully saturated rings. The van der Waals surface area contributed by atoms with Crippen molar-refractivity contribution < 1.29 is 0 Å². The van der Waals surface area contributed by atoms with Gasteiger partial charge in [0.2, 0.25) is 0 Å². The van der Waals surface area contributed by atoms with E-state index in [1.54, 1.807) is 0 Å². The Labute approximate surface area is 122 Å². The van der Waals surface area contributed by atoms with Crippen LogP contribution in [-0.4, -0.2) is 12.6 Å². The minimum atomic E-state index is 0.0652. The van der Waals surface area contributed by atoms with Gasteiger partial charge in [0.15, 0.2) is 0 Å². The van der Waals surface area contributed by atoms with E-state index in [0.29, 0.717) is 6.04 Å². The van der Waals surface area contributed by atoms with E-state index in [-0.39, 0.29) is 6.04 Å². The van der Waals surface area contributed by atoms with Gasteiger partial charge < -0.3 is 11.1 Å². The van der Waals surface area contributed by atoms with E-state index in [9.17, 15) is 0 Å². The maximum absolute atomic E-state index is 6.19. The third-order valence-corrected chi connectivity index (χ3v) is 3.62. The molecule has 0 amide bonds. The molecule has 0 saturated carbocycles. The van der Waals surface area contributed by atoms with Gasteiger partial charge in [-0.2, -0.15) is 0 Å². The summed E-state index contributed by atoms with van der Waals surface area (Å²) in [5.74, 6) is 0. The Morgan fingerprint density at radius 2 is 1.55 bits per heavy atom. The zero-order chi connectivity index (χ0) is 14.2. The van der Waals surface area contributed by atoms with Crippen molar-refractivity contribution in [2.75, 3.05) is 6.54 Å². The summed E-state index contributed by atoms with van der Waals surface area (Å²) in [5.41, 5.74) is 8.77. The van der Waals surface area contributed by atoms with Crippen molar-refractivity contribution in [2.45, 2.75) is 31.8 Å². The number of nitrogens with two attached hydrogens (primary N) is 1. The zero-order valence-electron chi connectivity index (χ0n) is 12.1. The van der Waals surface area contributed by atoms with Crippen LogP contribution in [0.15, 0.2) is 60.7 Å². The summed E-state index contributed by atoms with van der Waals surface area (Å²) in [6.45, 7) is 3.04. The van der Waals surface area contributed by atoms with Gasteiger partial charge in [0.1, 0.15) is 0 Å². The molecule has 0 heterocycles. The van der Waals surface area contributed by atoms with E-state index in [0.717, 1.165) is 19.4 Å². The maximum Gasteiger partial charge on any atom is 0.0421 e. The standard InChI is InChI=1S/C18H24N2/c1-15(12-13-16-8-4-2-5-9-16)20-14-18(19)17-10-6-3-7-11-17/h2-11,15,18,20H,12-14,19H2,1H3. The van der Waals surface area contributed by atoms with E-state index >= 15 is 0 Å². The van der Waals surface area contributed by atoms with Crippen LogP contribution in [0, 0.1) is 0 Å². The van der Waals surface area contributed by atoms with Crippen LogP contribution >= 0.6 is 0 Å². The zero-order valence-corrected chi connectivity index (χ0v) is 12.1. The van der Waals surface area contributed by atoms with Crippen LogP contribution in [0.4, 0.5) is 0 Å². The minimum Gasteiger partial charge on any atom is -0.323 e. The largest absolute Gasteiger partial charge is 0.323 e. The summed E-state index contributed by atoms with van der Waals surface area (Å²) in [6, 6.07) is 21.4. The predicted molar refractivity (Wildman–Crippen MR) is 85.6 cm³/mol. The van der Waals surface area contributed by atoms with E-state index < -0.39 is 0 Å². The molecular formula is C18H24N2. The van der Waals surface area contributed by atoms with Crippen LogP contribution < -0.4 is 11.1 Å².